The molecule has 1 amide bonds. The number of hydrogen-bond acceptors (Lipinski definition) is 5. The SMILES string of the molecule is CC(=O)Nc1cccc(-c2ccc3nc(Nc4ccc([S+](C)[O-])cc4)nn3c2)c1. The van der Waals surface area contributed by atoms with Gasteiger partial charge in [-0.25, -0.2) is 4.52 Å². The molecular formula is C21H19N5O2S. The lowest BCUT2D eigenvalue weighted by Gasteiger charge is -2.06. The Labute approximate surface area is 171 Å². The Kier molecular flexibility index (Phi) is 5.20. The van der Waals surface area contributed by atoms with Crippen LogP contribution in [-0.2, 0) is 16.0 Å². The van der Waals surface area contributed by atoms with Crippen LogP contribution in [0.1, 0.15) is 6.92 Å². The number of fused-ring (bicyclic) bond motifs is 1. The number of rotatable bonds is 5. The van der Waals surface area contributed by atoms with E-state index in [1.54, 1.807) is 10.8 Å². The first-order valence-corrected chi connectivity index (χ1v) is 10.5. The standard InChI is InChI=1S/C21H19N5O2S/c1-14(27)22-18-5-3-4-15(12-18)16-6-11-20-24-21(25-26(20)13-16)23-17-7-9-19(10-8-17)29(2)28/h3-13H,1-2H3,(H,22,27)(H,23,25). The van der Waals surface area contributed by atoms with Crippen LogP contribution in [0.3, 0.4) is 0 Å². The summed E-state index contributed by atoms with van der Waals surface area (Å²) in [5.41, 5.74) is 4.19. The molecule has 1 unspecified atom stereocenters. The third kappa shape index (κ3) is 4.39. The third-order valence-electron chi connectivity index (χ3n) is 4.29. The fourth-order valence-corrected chi connectivity index (χ4v) is 3.46. The van der Waals surface area contributed by atoms with Crippen molar-refractivity contribution < 1.29 is 9.35 Å². The molecule has 4 aromatic rings. The van der Waals surface area contributed by atoms with Crippen molar-refractivity contribution in [2.24, 2.45) is 0 Å². The highest BCUT2D eigenvalue weighted by molar-refractivity contribution is 7.90. The van der Waals surface area contributed by atoms with Gasteiger partial charge in [0, 0.05) is 30.1 Å². The molecule has 0 spiro atoms. The molecule has 0 bridgehead atoms. The van der Waals surface area contributed by atoms with Crippen molar-refractivity contribution in [1.29, 1.82) is 0 Å². The molecule has 1 atom stereocenters. The van der Waals surface area contributed by atoms with Crippen LogP contribution in [-0.4, -0.2) is 31.3 Å². The highest BCUT2D eigenvalue weighted by atomic mass is 32.2. The maximum atomic E-state index is 11.5. The fraction of sp³-hybridized carbons (Fsp3) is 0.0952. The molecule has 0 aliphatic rings. The Morgan fingerprint density at radius 1 is 1.03 bits per heavy atom. The lowest BCUT2D eigenvalue weighted by atomic mass is 10.1. The number of pyridine rings is 1. The van der Waals surface area contributed by atoms with Gasteiger partial charge in [-0.05, 0) is 65.3 Å². The molecule has 0 saturated heterocycles. The molecule has 2 aromatic heterocycles. The molecule has 0 aliphatic carbocycles. The number of aromatic nitrogens is 3. The largest absolute Gasteiger partial charge is 0.612 e. The number of carbonyl (C=O) groups is 1. The molecule has 7 nitrogen and oxygen atoms in total. The topological polar surface area (TPSA) is 94.4 Å². The van der Waals surface area contributed by atoms with E-state index < -0.39 is 11.2 Å². The van der Waals surface area contributed by atoms with Gasteiger partial charge in [0.05, 0.1) is 0 Å². The molecular weight excluding hydrogens is 386 g/mol. The molecule has 4 rings (SSSR count). The Morgan fingerprint density at radius 2 is 1.83 bits per heavy atom. The first-order valence-electron chi connectivity index (χ1n) is 8.93. The normalized spacial score (nSPS) is 12.0. The molecule has 0 saturated carbocycles. The Hall–Kier alpha value is -3.36. The van der Waals surface area contributed by atoms with Crippen molar-refractivity contribution in [2.75, 3.05) is 16.9 Å². The number of amides is 1. The van der Waals surface area contributed by atoms with Crippen molar-refractivity contribution in [1.82, 2.24) is 14.6 Å². The number of nitrogens with zero attached hydrogens (tertiary/aromatic N) is 3. The molecule has 0 fully saturated rings. The summed E-state index contributed by atoms with van der Waals surface area (Å²) in [5.74, 6) is 0.363. The maximum Gasteiger partial charge on any atom is 0.247 e. The predicted molar refractivity (Wildman–Crippen MR) is 115 cm³/mol. The number of hydrogen-bond donors (Lipinski definition) is 2. The van der Waals surface area contributed by atoms with Crippen molar-refractivity contribution in [3.05, 3.63) is 66.9 Å². The summed E-state index contributed by atoms with van der Waals surface area (Å²) in [6.45, 7) is 1.48. The summed E-state index contributed by atoms with van der Waals surface area (Å²) in [6, 6.07) is 18.8. The minimum absolute atomic E-state index is 0.109. The van der Waals surface area contributed by atoms with E-state index in [0.29, 0.717) is 11.6 Å². The first kappa shape index (κ1) is 19.0. The van der Waals surface area contributed by atoms with Gasteiger partial charge >= 0.3 is 0 Å². The zero-order valence-electron chi connectivity index (χ0n) is 15.9. The van der Waals surface area contributed by atoms with Crippen molar-refractivity contribution in [3.63, 3.8) is 0 Å². The van der Waals surface area contributed by atoms with E-state index in [1.807, 2.05) is 66.9 Å². The van der Waals surface area contributed by atoms with Crippen LogP contribution in [0.25, 0.3) is 16.8 Å². The summed E-state index contributed by atoms with van der Waals surface area (Å²) in [4.78, 5) is 16.5. The van der Waals surface area contributed by atoms with E-state index in [1.165, 1.54) is 6.92 Å². The van der Waals surface area contributed by atoms with E-state index >= 15 is 0 Å². The monoisotopic (exact) mass is 405 g/mol. The van der Waals surface area contributed by atoms with Gasteiger partial charge in [0.1, 0.15) is 6.26 Å². The molecule has 29 heavy (non-hydrogen) atoms. The first-order chi connectivity index (χ1) is 14.0. The van der Waals surface area contributed by atoms with Gasteiger partial charge in [-0.3, -0.25) is 4.79 Å². The Balaban J connectivity index is 1.58. The quantitative estimate of drug-likeness (QED) is 0.492. The fourth-order valence-electron chi connectivity index (χ4n) is 2.95. The van der Waals surface area contributed by atoms with Crippen molar-refractivity contribution in [3.8, 4) is 11.1 Å². The minimum atomic E-state index is -1.01. The molecule has 2 aromatic carbocycles. The van der Waals surface area contributed by atoms with Gasteiger partial charge in [0.15, 0.2) is 10.5 Å². The summed E-state index contributed by atoms with van der Waals surface area (Å²) < 4.78 is 13.2. The molecule has 2 N–H and O–H groups in total. The van der Waals surface area contributed by atoms with Crippen LogP contribution in [0.15, 0.2) is 71.8 Å². The van der Waals surface area contributed by atoms with Gasteiger partial charge in [-0.2, -0.15) is 4.98 Å². The molecule has 2 heterocycles. The summed E-state index contributed by atoms with van der Waals surface area (Å²) in [6.07, 6.45) is 3.54. The van der Waals surface area contributed by atoms with E-state index in [4.69, 9.17) is 0 Å². The van der Waals surface area contributed by atoms with Crippen LogP contribution in [0.4, 0.5) is 17.3 Å². The summed E-state index contributed by atoms with van der Waals surface area (Å²) in [7, 11) is 0. The van der Waals surface area contributed by atoms with Gasteiger partial charge in [0.25, 0.3) is 0 Å². The number of anilines is 3. The van der Waals surface area contributed by atoms with Crippen molar-refractivity contribution in [2.45, 2.75) is 11.8 Å². The smallest absolute Gasteiger partial charge is 0.247 e. The zero-order valence-corrected chi connectivity index (χ0v) is 16.7. The predicted octanol–water partition coefficient (Wildman–Crippen LogP) is 3.84. The summed E-state index contributed by atoms with van der Waals surface area (Å²) in [5, 5.41) is 10.4. The Morgan fingerprint density at radius 3 is 2.55 bits per heavy atom. The lowest BCUT2D eigenvalue weighted by Crippen LogP contribution is -2.05. The zero-order chi connectivity index (χ0) is 20.4. The van der Waals surface area contributed by atoms with Crippen LogP contribution in [0.2, 0.25) is 0 Å². The van der Waals surface area contributed by atoms with E-state index in [2.05, 4.69) is 20.7 Å². The molecule has 0 aliphatic heterocycles. The van der Waals surface area contributed by atoms with E-state index in [-0.39, 0.29) is 5.91 Å². The highest BCUT2D eigenvalue weighted by Gasteiger charge is 2.08. The lowest BCUT2D eigenvalue weighted by molar-refractivity contribution is -0.114. The number of benzene rings is 2. The molecule has 8 heteroatoms. The van der Waals surface area contributed by atoms with Gasteiger partial charge in [0.2, 0.25) is 11.9 Å². The number of carbonyl (C=O) groups excluding carboxylic acids is 1. The third-order valence-corrected chi connectivity index (χ3v) is 5.23. The van der Waals surface area contributed by atoms with Crippen molar-refractivity contribution >= 4 is 40.1 Å². The average molecular weight is 405 g/mol. The average Bonchev–Trinajstić information content (AvgIpc) is 3.09. The second-order valence-electron chi connectivity index (χ2n) is 6.52. The second-order valence-corrected chi connectivity index (χ2v) is 7.90. The highest BCUT2D eigenvalue weighted by Crippen LogP contribution is 2.24. The molecule has 0 radical (unpaired) electrons. The summed E-state index contributed by atoms with van der Waals surface area (Å²) >= 11 is -1.01. The van der Waals surface area contributed by atoms with Gasteiger partial charge in [-0.15, -0.1) is 5.10 Å². The second kappa shape index (κ2) is 7.94. The number of nitrogens with one attached hydrogen (secondary N) is 2. The minimum Gasteiger partial charge on any atom is -0.612 e. The van der Waals surface area contributed by atoms with Crippen LogP contribution in [0, 0.1) is 0 Å². The Bertz CT molecular complexity index is 1170. The van der Waals surface area contributed by atoms with E-state index in [9.17, 15) is 9.35 Å². The van der Waals surface area contributed by atoms with Crippen LogP contribution in [0.5, 0.6) is 0 Å². The van der Waals surface area contributed by atoms with Gasteiger partial charge < -0.3 is 15.2 Å². The van der Waals surface area contributed by atoms with E-state index in [0.717, 1.165) is 27.4 Å². The van der Waals surface area contributed by atoms with Crippen LogP contribution < -0.4 is 10.6 Å². The van der Waals surface area contributed by atoms with Gasteiger partial charge in [-0.1, -0.05) is 12.1 Å². The molecule has 146 valence electrons. The maximum absolute atomic E-state index is 11.5. The van der Waals surface area contributed by atoms with Crippen LogP contribution >= 0.6 is 0 Å².